The van der Waals surface area contributed by atoms with Crippen LogP contribution in [0.15, 0.2) is 47.5 Å². The molecular weight excluding hydrogens is 416 g/mol. The van der Waals surface area contributed by atoms with Gasteiger partial charge in [0.2, 0.25) is 5.91 Å². The number of aliphatic imine (C=N–C) groups is 1. The molecule has 0 radical (unpaired) electrons. The molecule has 0 fully saturated rings. The highest BCUT2D eigenvalue weighted by Crippen LogP contribution is 2.32. The molecule has 1 aliphatic heterocycles. The number of rotatable bonds is 5. The van der Waals surface area contributed by atoms with Crippen LogP contribution in [0.25, 0.3) is 0 Å². The Morgan fingerprint density at radius 1 is 1.06 bits per heavy atom. The summed E-state index contributed by atoms with van der Waals surface area (Å²) in [5.74, 6) is 1.77. The Bertz CT molecular complexity index is 923. The van der Waals surface area contributed by atoms with Crippen LogP contribution in [-0.4, -0.2) is 37.2 Å². The molecule has 0 unspecified atom stereocenters. The number of anilines is 1. The van der Waals surface area contributed by atoms with E-state index in [0.29, 0.717) is 36.5 Å². The van der Waals surface area contributed by atoms with E-state index in [4.69, 9.17) is 21.1 Å². The third-order valence-electron chi connectivity index (χ3n) is 4.27. The molecule has 1 aliphatic rings. The first kappa shape index (κ1) is 22.7. The largest absolute Gasteiger partial charge is 0.490 e. The predicted molar refractivity (Wildman–Crippen MR) is 124 cm³/mol. The van der Waals surface area contributed by atoms with Crippen molar-refractivity contribution in [1.29, 1.82) is 0 Å². The number of guanidine groups is 1. The Balaban J connectivity index is 1.73. The van der Waals surface area contributed by atoms with Crippen LogP contribution >= 0.6 is 11.6 Å². The molecule has 8 heteroatoms. The van der Waals surface area contributed by atoms with Crippen molar-refractivity contribution in [1.82, 2.24) is 10.6 Å². The van der Waals surface area contributed by atoms with Crippen LogP contribution in [0, 0.1) is 0 Å². The van der Waals surface area contributed by atoms with E-state index in [1.807, 2.05) is 63.2 Å². The summed E-state index contributed by atoms with van der Waals surface area (Å²) < 4.78 is 11.4. The third-order valence-corrected chi connectivity index (χ3v) is 4.53. The number of fused-ring (bicyclic) bond motifs is 1. The Kier molecular flexibility index (Phi) is 7.63. The van der Waals surface area contributed by atoms with Gasteiger partial charge in [0, 0.05) is 28.7 Å². The number of nitrogens with zero attached hydrogens (tertiary/aromatic N) is 1. The second-order valence-electron chi connectivity index (χ2n) is 8.28. The number of amides is 1. The zero-order valence-corrected chi connectivity index (χ0v) is 18.9. The smallest absolute Gasteiger partial charge is 0.239 e. The van der Waals surface area contributed by atoms with Crippen molar-refractivity contribution in [3.05, 3.63) is 53.1 Å². The van der Waals surface area contributed by atoms with Crippen molar-refractivity contribution in [2.45, 2.75) is 39.3 Å². The lowest BCUT2D eigenvalue weighted by Gasteiger charge is -2.21. The lowest BCUT2D eigenvalue weighted by molar-refractivity contribution is -0.121. The lowest BCUT2D eigenvalue weighted by Crippen LogP contribution is -2.46. The number of ether oxygens (including phenoxy) is 2. The van der Waals surface area contributed by atoms with Crippen LogP contribution in [0.3, 0.4) is 0 Å². The van der Waals surface area contributed by atoms with Crippen molar-refractivity contribution in [3.63, 3.8) is 0 Å². The molecule has 1 amide bonds. The highest BCUT2D eigenvalue weighted by atomic mass is 35.5. The Labute approximate surface area is 188 Å². The fourth-order valence-electron chi connectivity index (χ4n) is 2.90. The van der Waals surface area contributed by atoms with Crippen molar-refractivity contribution >= 4 is 29.2 Å². The number of nitrogens with one attached hydrogen (secondary N) is 3. The topological polar surface area (TPSA) is 84.0 Å². The quantitative estimate of drug-likeness (QED) is 0.480. The van der Waals surface area contributed by atoms with E-state index in [2.05, 4.69) is 20.9 Å². The van der Waals surface area contributed by atoms with Crippen LogP contribution in [0.2, 0.25) is 5.02 Å². The Morgan fingerprint density at radius 3 is 2.48 bits per heavy atom. The molecule has 166 valence electrons. The molecule has 0 aliphatic carbocycles. The zero-order valence-electron chi connectivity index (χ0n) is 18.1. The summed E-state index contributed by atoms with van der Waals surface area (Å²) in [6.07, 6.45) is 0.843. The fraction of sp³-hybridized carbons (Fsp3) is 0.391. The van der Waals surface area contributed by atoms with E-state index in [1.165, 1.54) is 0 Å². The first-order valence-electron chi connectivity index (χ1n) is 10.3. The van der Waals surface area contributed by atoms with Gasteiger partial charge in [0.15, 0.2) is 17.5 Å². The van der Waals surface area contributed by atoms with E-state index in [1.54, 1.807) is 0 Å². The number of carbonyl (C=O) groups excluding carboxylic acids is 1. The van der Waals surface area contributed by atoms with Crippen molar-refractivity contribution in [2.75, 3.05) is 25.1 Å². The second kappa shape index (κ2) is 10.4. The van der Waals surface area contributed by atoms with Gasteiger partial charge in [-0.1, -0.05) is 23.7 Å². The molecular formula is C23H29ClN4O3. The monoisotopic (exact) mass is 444 g/mol. The number of hydrogen-bond donors (Lipinski definition) is 3. The molecule has 0 atom stereocenters. The number of carbonyl (C=O) groups is 1. The molecule has 1 heterocycles. The van der Waals surface area contributed by atoms with Gasteiger partial charge in [-0.3, -0.25) is 4.79 Å². The molecule has 31 heavy (non-hydrogen) atoms. The van der Waals surface area contributed by atoms with Gasteiger partial charge >= 0.3 is 0 Å². The molecule has 0 aromatic heterocycles. The maximum atomic E-state index is 12.2. The van der Waals surface area contributed by atoms with Gasteiger partial charge in [0.25, 0.3) is 0 Å². The minimum Gasteiger partial charge on any atom is -0.490 e. The maximum Gasteiger partial charge on any atom is 0.239 e. The third kappa shape index (κ3) is 7.68. The zero-order chi connectivity index (χ0) is 22.3. The number of hydrogen-bond acceptors (Lipinski definition) is 4. The van der Waals surface area contributed by atoms with Gasteiger partial charge < -0.3 is 25.4 Å². The molecule has 3 N–H and O–H groups in total. The molecule has 0 bridgehead atoms. The SMILES string of the molecule is CC(C)(C)NC(=O)CNC(=NCc1ccc(Cl)cc1)Nc1ccc2c(c1)OCCCO2. The first-order valence-corrected chi connectivity index (χ1v) is 10.7. The molecule has 2 aromatic carbocycles. The predicted octanol–water partition coefficient (Wildman–Crippen LogP) is 3.97. The Morgan fingerprint density at radius 2 is 1.77 bits per heavy atom. The van der Waals surface area contributed by atoms with Gasteiger partial charge in [-0.25, -0.2) is 4.99 Å². The van der Waals surface area contributed by atoms with Crippen molar-refractivity contribution in [2.24, 2.45) is 4.99 Å². The van der Waals surface area contributed by atoms with E-state index < -0.39 is 0 Å². The molecule has 0 saturated heterocycles. The number of benzene rings is 2. The summed E-state index contributed by atoms with van der Waals surface area (Å²) in [6.45, 7) is 7.59. The fourth-order valence-corrected chi connectivity index (χ4v) is 3.03. The highest BCUT2D eigenvalue weighted by Gasteiger charge is 2.15. The molecule has 3 rings (SSSR count). The average Bonchev–Trinajstić information content (AvgIpc) is 2.95. The summed E-state index contributed by atoms with van der Waals surface area (Å²) >= 11 is 5.96. The minimum absolute atomic E-state index is 0.0915. The van der Waals surface area contributed by atoms with Crippen molar-refractivity contribution in [3.8, 4) is 11.5 Å². The first-order chi connectivity index (χ1) is 14.8. The second-order valence-corrected chi connectivity index (χ2v) is 8.72. The van der Waals surface area contributed by atoms with Gasteiger partial charge in [0.05, 0.1) is 26.3 Å². The Hall–Kier alpha value is -2.93. The van der Waals surface area contributed by atoms with E-state index in [-0.39, 0.29) is 18.0 Å². The maximum absolute atomic E-state index is 12.2. The van der Waals surface area contributed by atoms with E-state index >= 15 is 0 Å². The molecule has 7 nitrogen and oxygen atoms in total. The summed E-state index contributed by atoms with van der Waals surface area (Å²) in [5.41, 5.74) is 1.48. The minimum atomic E-state index is -0.304. The number of halogens is 1. The summed E-state index contributed by atoms with van der Waals surface area (Å²) in [4.78, 5) is 16.9. The van der Waals surface area contributed by atoms with Crippen LogP contribution in [0.4, 0.5) is 5.69 Å². The standard InChI is InChI=1S/C23H29ClN4O3/c1-23(2,3)28-21(29)15-26-22(25-14-16-5-7-17(24)8-6-16)27-18-9-10-19-20(13-18)31-12-4-11-30-19/h5-10,13H,4,11-12,14-15H2,1-3H3,(H,28,29)(H2,25,26,27). The van der Waals surface area contributed by atoms with Crippen LogP contribution < -0.4 is 25.4 Å². The molecule has 0 saturated carbocycles. The summed E-state index contributed by atoms with van der Waals surface area (Å²) in [5, 5.41) is 9.95. The van der Waals surface area contributed by atoms with Crippen LogP contribution in [0.5, 0.6) is 11.5 Å². The normalized spacial score (nSPS) is 13.9. The van der Waals surface area contributed by atoms with Crippen LogP contribution in [0.1, 0.15) is 32.8 Å². The van der Waals surface area contributed by atoms with Gasteiger partial charge in [-0.05, 0) is 50.6 Å². The van der Waals surface area contributed by atoms with Gasteiger partial charge in [-0.15, -0.1) is 0 Å². The van der Waals surface area contributed by atoms with Gasteiger partial charge in [-0.2, -0.15) is 0 Å². The van der Waals surface area contributed by atoms with Crippen molar-refractivity contribution < 1.29 is 14.3 Å². The average molecular weight is 445 g/mol. The highest BCUT2D eigenvalue weighted by molar-refractivity contribution is 6.30. The molecule has 0 spiro atoms. The van der Waals surface area contributed by atoms with Crippen LogP contribution in [-0.2, 0) is 11.3 Å². The van der Waals surface area contributed by atoms with E-state index in [0.717, 1.165) is 23.4 Å². The lowest BCUT2D eigenvalue weighted by atomic mass is 10.1. The summed E-state index contributed by atoms with van der Waals surface area (Å²) in [7, 11) is 0. The molecule has 2 aromatic rings. The van der Waals surface area contributed by atoms with E-state index in [9.17, 15) is 4.79 Å². The summed E-state index contributed by atoms with van der Waals surface area (Å²) in [6, 6.07) is 13.1. The van der Waals surface area contributed by atoms with Gasteiger partial charge in [0.1, 0.15) is 0 Å².